The van der Waals surface area contributed by atoms with Crippen molar-refractivity contribution in [1.29, 1.82) is 0 Å². The van der Waals surface area contributed by atoms with E-state index in [0.717, 1.165) is 11.1 Å². The Balaban J connectivity index is 2.52. The van der Waals surface area contributed by atoms with Crippen LogP contribution in [0.3, 0.4) is 0 Å². The molecule has 0 radical (unpaired) electrons. The molecule has 0 amide bonds. The predicted octanol–water partition coefficient (Wildman–Crippen LogP) is 5.51. The van der Waals surface area contributed by atoms with Crippen molar-refractivity contribution < 1.29 is 4.39 Å². The van der Waals surface area contributed by atoms with E-state index >= 15 is 0 Å². The van der Waals surface area contributed by atoms with Gasteiger partial charge in [-0.05, 0) is 59.2 Å². The number of benzene rings is 2. The van der Waals surface area contributed by atoms with Crippen molar-refractivity contribution in [1.82, 2.24) is 5.32 Å². The fraction of sp³-hybridized carbons (Fsp3) is 0.200. The molecule has 0 fully saturated rings. The highest BCUT2D eigenvalue weighted by Crippen LogP contribution is 2.32. The summed E-state index contributed by atoms with van der Waals surface area (Å²) in [5.74, 6) is -0.312. The van der Waals surface area contributed by atoms with Crippen LogP contribution in [0.2, 0.25) is 10.0 Å². The van der Waals surface area contributed by atoms with Crippen LogP contribution < -0.4 is 5.32 Å². The molecular weight excluding hydrogens is 364 g/mol. The second-order valence-corrected chi connectivity index (χ2v) is 6.19. The zero-order chi connectivity index (χ0) is 14.9. The Morgan fingerprint density at radius 2 is 1.85 bits per heavy atom. The van der Waals surface area contributed by atoms with E-state index in [1.54, 1.807) is 13.1 Å². The Morgan fingerprint density at radius 1 is 1.15 bits per heavy atom. The Morgan fingerprint density at radius 3 is 2.45 bits per heavy atom. The van der Waals surface area contributed by atoms with E-state index in [-0.39, 0.29) is 11.9 Å². The van der Waals surface area contributed by atoms with E-state index in [9.17, 15) is 4.39 Å². The van der Waals surface area contributed by atoms with E-state index in [1.165, 1.54) is 6.07 Å². The number of rotatable bonds is 3. The molecule has 1 nitrogen and oxygen atoms in total. The van der Waals surface area contributed by atoms with Gasteiger partial charge >= 0.3 is 0 Å². The van der Waals surface area contributed by atoms with E-state index in [4.69, 9.17) is 23.2 Å². The van der Waals surface area contributed by atoms with Crippen LogP contribution in [-0.4, -0.2) is 7.05 Å². The van der Waals surface area contributed by atoms with Crippen LogP contribution in [0.15, 0.2) is 34.8 Å². The zero-order valence-corrected chi connectivity index (χ0v) is 14.1. The molecule has 0 heterocycles. The van der Waals surface area contributed by atoms with Crippen molar-refractivity contribution in [2.45, 2.75) is 13.0 Å². The smallest absolute Gasteiger partial charge is 0.129 e. The van der Waals surface area contributed by atoms with Crippen LogP contribution in [0.25, 0.3) is 0 Å². The molecular formula is C15H13BrCl2FN. The van der Waals surface area contributed by atoms with Gasteiger partial charge in [-0.2, -0.15) is 0 Å². The first kappa shape index (κ1) is 15.8. The fourth-order valence-corrected chi connectivity index (χ4v) is 2.71. The van der Waals surface area contributed by atoms with E-state index < -0.39 is 0 Å². The molecule has 1 unspecified atom stereocenters. The number of nitrogens with one attached hydrogen (secondary N) is 1. The average Bonchev–Trinajstić information content (AvgIpc) is 2.40. The van der Waals surface area contributed by atoms with Crippen molar-refractivity contribution >= 4 is 39.1 Å². The van der Waals surface area contributed by atoms with Crippen LogP contribution >= 0.6 is 39.1 Å². The lowest BCUT2D eigenvalue weighted by Crippen LogP contribution is -2.19. The molecule has 2 aromatic rings. The molecule has 0 aromatic heterocycles. The summed E-state index contributed by atoms with van der Waals surface area (Å²) in [6, 6.07) is 8.37. The van der Waals surface area contributed by atoms with Crippen molar-refractivity contribution in [2.75, 3.05) is 7.05 Å². The molecule has 1 atom stereocenters. The summed E-state index contributed by atoms with van der Waals surface area (Å²) in [6.45, 7) is 1.92. The lowest BCUT2D eigenvalue weighted by atomic mass is 9.97. The first-order valence-electron chi connectivity index (χ1n) is 6.01. The largest absolute Gasteiger partial charge is 0.309 e. The van der Waals surface area contributed by atoms with Crippen molar-refractivity contribution in [3.8, 4) is 0 Å². The van der Waals surface area contributed by atoms with Gasteiger partial charge in [0.15, 0.2) is 0 Å². The van der Waals surface area contributed by atoms with Crippen LogP contribution in [0.1, 0.15) is 22.7 Å². The second-order valence-electron chi connectivity index (χ2n) is 4.52. The van der Waals surface area contributed by atoms with Gasteiger partial charge in [0.2, 0.25) is 0 Å². The maximum absolute atomic E-state index is 14.2. The van der Waals surface area contributed by atoms with Gasteiger partial charge in [0.05, 0.1) is 11.1 Å². The molecule has 20 heavy (non-hydrogen) atoms. The molecule has 0 aliphatic heterocycles. The van der Waals surface area contributed by atoms with Gasteiger partial charge in [-0.25, -0.2) is 4.39 Å². The fourth-order valence-electron chi connectivity index (χ4n) is 2.11. The highest BCUT2D eigenvalue weighted by atomic mass is 79.9. The van der Waals surface area contributed by atoms with Crippen molar-refractivity contribution in [3.05, 3.63) is 67.4 Å². The predicted molar refractivity (Wildman–Crippen MR) is 86.2 cm³/mol. The summed E-state index contributed by atoms with van der Waals surface area (Å²) >= 11 is 15.3. The first-order valence-corrected chi connectivity index (χ1v) is 7.56. The number of hydrogen-bond donors (Lipinski definition) is 1. The van der Waals surface area contributed by atoms with Crippen LogP contribution in [-0.2, 0) is 0 Å². The van der Waals surface area contributed by atoms with E-state index in [1.807, 2.05) is 25.1 Å². The van der Waals surface area contributed by atoms with Gasteiger partial charge in [-0.1, -0.05) is 35.3 Å². The molecule has 2 rings (SSSR count). The number of aryl methyl sites for hydroxylation is 1. The highest BCUT2D eigenvalue weighted by Gasteiger charge is 2.18. The zero-order valence-electron chi connectivity index (χ0n) is 11.0. The van der Waals surface area contributed by atoms with Gasteiger partial charge in [0.25, 0.3) is 0 Å². The minimum atomic E-state index is -0.312. The summed E-state index contributed by atoms with van der Waals surface area (Å²) in [7, 11) is 1.78. The quantitative estimate of drug-likeness (QED) is 0.696. The van der Waals surface area contributed by atoms with Gasteiger partial charge in [-0.3, -0.25) is 0 Å². The topological polar surface area (TPSA) is 12.0 Å². The molecule has 0 aliphatic rings. The van der Waals surface area contributed by atoms with Crippen LogP contribution in [0.4, 0.5) is 4.39 Å². The maximum Gasteiger partial charge on any atom is 0.129 e. The summed E-state index contributed by atoms with van der Waals surface area (Å²) < 4.78 is 14.7. The number of halogens is 4. The lowest BCUT2D eigenvalue weighted by Gasteiger charge is -2.19. The van der Waals surface area contributed by atoms with Gasteiger partial charge < -0.3 is 5.32 Å². The van der Waals surface area contributed by atoms with E-state index in [0.29, 0.717) is 20.1 Å². The molecule has 2 aromatic carbocycles. The van der Waals surface area contributed by atoms with Gasteiger partial charge in [0, 0.05) is 15.1 Å². The Labute approximate surface area is 136 Å². The Bertz CT molecular complexity index is 646. The standard InChI is InChI=1S/C15H13BrCl2FN/c1-8-5-9(3-4-12(8)17)15(20-2)10-6-13(18)11(16)7-14(10)19/h3-7,15,20H,1-2H3. The van der Waals surface area contributed by atoms with Crippen molar-refractivity contribution in [3.63, 3.8) is 0 Å². The molecule has 1 N–H and O–H groups in total. The summed E-state index contributed by atoms with van der Waals surface area (Å²) in [6.07, 6.45) is 0. The minimum Gasteiger partial charge on any atom is -0.309 e. The third-order valence-corrected chi connectivity index (χ3v) is 4.78. The molecule has 0 aliphatic carbocycles. The maximum atomic E-state index is 14.2. The van der Waals surface area contributed by atoms with Crippen LogP contribution in [0, 0.1) is 12.7 Å². The van der Waals surface area contributed by atoms with Crippen LogP contribution in [0.5, 0.6) is 0 Å². The molecule has 0 spiro atoms. The third-order valence-electron chi connectivity index (χ3n) is 3.15. The lowest BCUT2D eigenvalue weighted by molar-refractivity contribution is 0.575. The molecule has 0 saturated heterocycles. The summed E-state index contributed by atoms with van der Waals surface area (Å²) in [5, 5.41) is 4.28. The average molecular weight is 377 g/mol. The van der Waals surface area contributed by atoms with Gasteiger partial charge in [-0.15, -0.1) is 0 Å². The number of hydrogen-bond acceptors (Lipinski definition) is 1. The second kappa shape index (κ2) is 6.44. The molecule has 106 valence electrons. The minimum absolute atomic E-state index is 0.281. The molecule has 5 heteroatoms. The normalized spacial score (nSPS) is 12.5. The highest BCUT2D eigenvalue weighted by molar-refractivity contribution is 9.10. The summed E-state index contributed by atoms with van der Waals surface area (Å²) in [5.41, 5.74) is 2.39. The van der Waals surface area contributed by atoms with E-state index in [2.05, 4.69) is 21.2 Å². The SMILES string of the molecule is CNC(c1ccc(Cl)c(C)c1)c1cc(Cl)c(Br)cc1F. The molecule has 0 saturated carbocycles. The molecule has 0 bridgehead atoms. The van der Waals surface area contributed by atoms with Gasteiger partial charge in [0.1, 0.15) is 5.82 Å². The first-order chi connectivity index (χ1) is 9.43. The monoisotopic (exact) mass is 375 g/mol. The Hall–Kier alpha value is -0.610. The summed E-state index contributed by atoms with van der Waals surface area (Å²) in [4.78, 5) is 0. The Kier molecular flexibility index (Phi) is 5.08. The van der Waals surface area contributed by atoms with Crippen molar-refractivity contribution in [2.24, 2.45) is 0 Å². The third kappa shape index (κ3) is 3.17.